The highest BCUT2D eigenvalue weighted by Gasteiger charge is 2.22. The fourth-order valence-electron chi connectivity index (χ4n) is 2.85. The van der Waals surface area contributed by atoms with Gasteiger partial charge in [0.1, 0.15) is 0 Å². The van der Waals surface area contributed by atoms with Gasteiger partial charge in [0.15, 0.2) is 0 Å². The third-order valence-corrected chi connectivity index (χ3v) is 3.97. The molecule has 128 valence electrons. The van der Waals surface area contributed by atoms with Crippen LogP contribution in [0.2, 0.25) is 0 Å². The number of nitrogens with one attached hydrogen (secondary N) is 2. The molecule has 0 heterocycles. The van der Waals surface area contributed by atoms with Gasteiger partial charge in [-0.05, 0) is 18.1 Å². The van der Waals surface area contributed by atoms with Crippen molar-refractivity contribution in [2.75, 3.05) is 26.8 Å². The summed E-state index contributed by atoms with van der Waals surface area (Å²) in [7, 11) is 1.65. The van der Waals surface area contributed by atoms with Crippen LogP contribution in [0.4, 0.5) is 0 Å². The standard InChI is InChI=1S/C20H26N2O2/c1-16(22-19(23)15-21-13-14-24-2)20(17-9-5-3-6-10-17)18-11-7-4-8-12-18/h3-12,16,20-21H,13-15H2,1-2H3,(H,22,23). The predicted molar refractivity (Wildman–Crippen MR) is 97.1 cm³/mol. The molecule has 0 aliphatic rings. The normalized spacial score (nSPS) is 12.1. The maximum Gasteiger partial charge on any atom is 0.234 e. The van der Waals surface area contributed by atoms with Crippen molar-refractivity contribution >= 4 is 5.91 Å². The lowest BCUT2D eigenvalue weighted by Gasteiger charge is -2.26. The summed E-state index contributed by atoms with van der Waals surface area (Å²) < 4.78 is 4.96. The summed E-state index contributed by atoms with van der Waals surface area (Å²) in [6.07, 6.45) is 0. The first-order chi connectivity index (χ1) is 11.7. The van der Waals surface area contributed by atoms with Crippen LogP contribution in [0.5, 0.6) is 0 Å². The third-order valence-electron chi connectivity index (χ3n) is 3.97. The Balaban J connectivity index is 2.06. The highest BCUT2D eigenvalue weighted by Crippen LogP contribution is 2.27. The molecule has 1 unspecified atom stereocenters. The van der Waals surface area contributed by atoms with E-state index in [-0.39, 0.29) is 17.9 Å². The summed E-state index contributed by atoms with van der Waals surface area (Å²) in [6.45, 7) is 3.61. The average Bonchev–Trinajstić information content (AvgIpc) is 2.61. The first-order valence-electron chi connectivity index (χ1n) is 8.31. The van der Waals surface area contributed by atoms with Crippen LogP contribution < -0.4 is 10.6 Å². The van der Waals surface area contributed by atoms with Crippen molar-refractivity contribution in [1.29, 1.82) is 0 Å². The van der Waals surface area contributed by atoms with Gasteiger partial charge in [0.2, 0.25) is 5.91 Å². The molecule has 1 atom stereocenters. The average molecular weight is 326 g/mol. The highest BCUT2D eigenvalue weighted by atomic mass is 16.5. The van der Waals surface area contributed by atoms with Gasteiger partial charge in [-0.1, -0.05) is 60.7 Å². The second kappa shape index (κ2) is 9.85. The molecule has 0 saturated heterocycles. The largest absolute Gasteiger partial charge is 0.383 e. The molecule has 0 aromatic heterocycles. The van der Waals surface area contributed by atoms with Crippen molar-refractivity contribution < 1.29 is 9.53 Å². The Bertz CT molecular complexity index is 562. The van der Waals surface area contributed by atoms with Crippen LogP contribution in [0.3, 0.4) is 0 Å². The van der Waals surface area contributed by atoms with Gasteiger partial charge in [0.05, 0.1) is 13.2 Å². The molecule has 0 spiro atoms. The number of rotatable bonds is 9. The maximum absolute atomic E-state index is 12.2. The van der Waals surface area contributed by atoms with Gasteiger partial charge in [-0.15, -0.1) is 0 Å². The Morgan fingerprint density at radius 1 is 1.00 bits per heavy atom. The van der Waals surface area contributed by atoms with Crippen molar-refractivity contribution in [3.05, 3.63) is 71.8 Å². The second-order valence-electron chi connectivity index (χ2n) is 5.82. The number of hydrogen-bond acceptors (Lipinski definition) is 3. The number of hydrogen-bond donors (Lipinski definition) is 2. The van der Waals surface area contributed by atoms with Gasteiger partial charge in [-0.3, -0.25) is 4.79 Å². The molecule has 24 heavy (non-hydrogen) atoms. The number of amides is 1. The van der Waals surface area contributed by atoms with E-state index in [1.165, 1.54) is 11.1 Å². The minimum atomic E-state index is -0.00785. The summed E-state index contributed by atoms with van der Waals surface area (Å²) >= 11 is 0. The molecule has 0 radical (unpaired) electrons. The lowest BCUT2D eigenvalue weighted by atomic mass is 9.86. The van der Waals surface area contributed by atoms with Crippen LogP contribution in [-0.4, -0.2) is 38.8 Å². The van der Waals surface area contributed by atoms with Crippen molar-refractivity contribution in [1.82, 2.24) is 10.6 Å². The number of ether oxygens (including phenoxy) is 1. The van der Waals surface area contributed by atoms with Crippen LogP contribution in [0.1, 0.15) is 24.0 Å². The number of carbonyl (C=O) groups is 1. The van der Waals surface area contributed by atoms with Crippen LogP contribution in [0.15, 0.2) is 60.7 Å². The van der Waals surface area contributed by atoms with E-state index in [4.69, 9.17) is 4.74 Å². The Kier molecular flexibility index (Phi) is 7.46. The molecule has 2 aromatic carbocycles. The van der Waals surface area contributed by atoms with Gasteiger partial charge < -0.3 is 15.4 Å². The highest BCUT2D eigenvalue weighted by molar-refractivity contribution is 5.78. The van der Waals surface area contributed by atoms with Crippen molar-refractivity contribution in [2.45, 2.75) is 18.9 Å². The van der Waals surface area contributed by atoms with E-state index in [2.05, 4.69) is 41.8 Å². The molecule has 2 aromatic rings. The van der Waals surface area contributed by atoms with Crippen molar-refractivity contribution in [3.8, 4) is 0 Å². The van der Waals surface area contributed by atoms with E-state index in [0.717, 1.165) is 0 Å². The lowest BCUT2D eigenvalue weighted by Crippen LogP contribution is -2.42. The SMILES string of the molecule is COCCNCC(=O)NC(C)C(c1ccccc1)c1ccccc1. The van der Waals surface area contributed by atoms with Crippen molar-refractivity contribution in [3.63, 3.8) is 0 Å². The molecule has 0 fully saturated rings. The Morgan fingerprint density at radius 2 is 1.54 bits per heavy atom. The monoisotopic (exact) mass is 326 g/mol. The lowest BCUT2D eigenvalue weighted by molar-refractivity contribution is -0.120. The van der Waals surface area contributed by atoms with Crippen LogP contribution in [0.25, 0.3) is 0 Å². The molecular weight excluding hydrogens is 300 g/mol. The van der Waals surface area contributed by atoms with Gasteiger partial charge in [-0.25, -0.2) is 0 Å². The Morgan fingerprint density at radius 3 is 2.04 bits per heavy atom. The smallest absolute Gasteiger partial charge is 0.234 e. The molecule has 0 aliphatic carbocycles. The summed E-state index contributed by atoms with van der Waals surface area (Å²) in [5, 5.41) is 6.18. The van der Waals surface area contributed by atoms with E-state index in [9.17, 15) is 4.79 Å². The number of benzene rings is 2. The molecule has 4 heteroatoms. The van der Waals surface area contributed by atoms with Crippen LogP contribution >= 0.6 is 0 Å². The molecule has 0 saturated carbocycles. The van der Waals surface area contributed by atoms with Crippen LogP contribution in [0, 0.1) is 0 Å². The van der Waals surface area contributed by atoms with Gasteiger partial charge in [0.25, 0.3) is 0 Å². The van der Waals surface area contributed by atoms with E-state index in [0.29, 0.717) is 19.7 Å². The molecule has 0 bridgehead atoms. The number of carbonyl (C=O) groups excluding carboxylic acids is 1. The molecule has 4 nitrogen and oxygen atoms in total. The second-order valence-corrected chi connectivity index (χ2v) is 5.82. The summed E-state index contributed by atoms with van der Waals surface area (Å²) in [6, 6.07) is 20.6. The van der Waals surface area contributed by atoms with Gasteiger partial charge in [0, 0.05) is 25.6 Å². The molecule has 2 rings (SSSR count). The molecule has 1 amide bonds. The fourth-order valence-corrected chi connectivity index (χ4v) is 2.85. The van der Waals surface area contributed by atoms with E-state index in [1.807, 2.05) is 36.4 Å². The number of methoxy groups -OCH3 is 1. The van der Waals surface area contributed by atoms with Crippen LogP contribution in [-0.2, 0) is 9.53 Å². The topological polar surface area (TPSA) is 50.4 Å². The van der Waals surface area contributed by atoms with E-state index >= 15 is 0 Å². The van der Waals surface area contributed by atoms with E-state index in [1.54, 1.807) is 7.11 Å². The molecule has 2 N–H and O–H groups in total. The summed E-state index contributed by atoms with van der Waals surface area (Å²) in [5.41, 5.74) is 2.40. The first kappa shape index (κ1) is 18.2. The fraction of sp³-hybridized carbons (Fsp3) is 0.350. The Hall–Kier alpha value is -2.17. The summed E-state index contributed by atoms with van der Waals surface area (Å²) in [4.78, 5) is 12.2. The van der Waals surface area contributed by atoms with Crippen molar-refractivity contribution in [2.24, 2.45) is 0 Å². The quantitative estimate of drug-likeness (QED) is 0.696. The minimum Gasteiger partial charge on any atom is -0.383 e. The van der Waals surface area contributed by atoms with E-state index < -0.39 is 0 Å². The minimum absolute atomic E-state index is 0.00420. The molecular formula is C20H26N2O2. The zero-order valence-electron chi connectivity index (χ0n) is 14.4. The zero-order valence-corrected chi connectivity index (χ0v) is 14.4. The Labute approximate surface area is 144 Å². The zero-order chi connectivity index (χ0) is 17.2. The van der Waals surface area contributed by atoms with Gasteiger partial charge >= 0.3 is 0 Å². The molecule has 0 aliphatic heterocycles. The summed E-state index contributed by atoms with van der Waals surface area (Å²) in [5.74, 6) is 0.116. The predicted octanol–water partition coefficient (Wildman–Crippen LogP) is 2.56. The van der Waals surface area contributed by atoms with Gasteiger partial charge in [-0.2, -0.15) is 0 Å². The first-order valence-corrected chi connectivity index (χ1v) is 8.31. The third kappa shape index (κ3) is 5.48. The maximum atomic E-state index is 12.2.